The Balaban J connectivity index is 2.88. The minimum atomic E-state index is -0.0194. The molecule has 0 aliphatic heterocycles. The molecule has 4 heteroatoms. The number of rotatable bonds is 5. The third-order valence-corrected chi connectivity index (χ3v) is 2.33. The third-order valence-electron chi connectivity index (χ3n) is 2.10. The zero-order valence-corrected chi connectivity index (χ0v) is 11.1. The highest BCUT2D eigenvalue weighted by molar-refractivity contribution is 9.11. The number of hydrogen-bond donors (Lipinski definition) is 1. The van der Waals surface area contributed by atoms with Crippen LogP contribution in [0.2, 0.25) is 0 Å². The maximum absolute atomic E-state index is 5.79. The Kier molecular flexibility index (Phi) is 4.83. The molecule has 0 fully saturated rings. The molecular formula is C12H16BrNO2. The van der Waals surface area contributed by atoms with Gasteiger partial charge in [-0.3, -0.25) is 0 Å². The van der Waals surface area contributed by atoms with E-state index in [-0.39, 0.29) is 6.04 Å². The quantitative estimate of drug-likeness (QED) is 0.905. The zero-order valence-electron chi connectivity index (χ0n) is 9.50. The van der Waals surface area contributed by atoms with Gasteiger partial charge in [0.25, 0.3) is 0 Å². The van der Waals surface area contributed by atoms with Crippen molar-refractivity contribution in [3.8, 4) is 11.5 Å². The summed E-state index contributed by atoms with van der Waals surface area (Å²) in [5.41, 5.74) is 6.81. The number of benzene rings is 1. The van der Waals surface area contributed by atoms with Crippen molar-refractivity contribution in [2.75, 3.05) is 13.7 Å². The average molecular weight is 286 g/mol. The second-order valence-electron chi connectivity index (χ2n) is 3.50. The van der Waals surface area contributed by atoms with Crippen LogP contribution in [0.3, 0.4) is 0 Å². The Morgan fingerprint density at radius 1 is 1.50 bits per heavy atom. The molecule has 1 unspecified atom stereocenters. The molecular weight excluding hydrogens is 270 g/mol. The first-order valence-corrected chi connectivity index (χ1v) is 5.73. The lowest BCUT2D eigenvalue weighted by atomic mass is 10.1. The van der Waals surface area contributed by atoms with E-state index in [4.69, 9.17) is 15.2 Å². The Morgan fingerprint density at radius 2 is 2.19 bits per heavy atom. The molecule has 3 nitrogen and oxygen atoms in total. The summed E-state index contributed by atoms with van der Waals surface area (Å²) in [5.74, 6) is 1.37. The van der Waals surface area contributed by atoms with E-state index in [0.29, 0.717) is 18.1 Å². The van der Waals surface area contributed by atoms with Gasteiger partial charge in [-0.05, 0) is 24.6 Å². The lowest BCUT2D eigenvalue weighted by Crippen LogP contribution is -2.06. The highest BCUT2D eigenvalue weighted by Crippen LogP contribution is 2.30. The van der Waals surface area contributed by atoms with Gasteiger partial charge in [0, 0.05) is 10.5 Å². The van der Waals surface area contributed by atoms with E-state index < -0.39 is 0 Å². The highest BCUT2D eigenvalue weighted by atomic mass is 79.9. The van der Waals surface area contributed by atoms with Crippen molar-refractivity contribution in [2.45, 2.75) is 13.0 Å². The fraction of sp³-hybridized carbons (Fsp3) is 0.333. The normalized spacial score (nSPS) is 12.0. The van der Waals surface area contributed by atoms with E-state index in [1.165, 1.54) is 0 Å². The van der Waals surface area contributed by atoms with Crippen LogP contribution in [0.4, 0.5) is 0 Å². The largest absolute Gasteiger partial charge is 0.493 e. The molecule has 0 heterocycles. The first kappa shape index (κ1) is 13.1. The molecule has 1 aromatic carbocycles. The molecule has 2 N–H and O–H groups in total. The zero-order chi connectivity index (χ0) is 12.1. The average Bonchev–Trinajstić information content (AvgIpc) is 2.25. The van der Waals surface area contributed by atoms with Gasteiger partial charge in [-0.2, -0.15) is 0 Å². The van der Waals surface area contributed by atoms with Crippen LogP contribution in [-0.2, 0) is 0 Å². The number of ether oxygens (including phenoxy) is 2. The molecule has 1 atom stereocenters. The van der Waals surface area contributed by atoms with Crippen molar-refractivity contribution in [2.24, 2.45) is 5.73 Å². The van der Waals surface area contributed by atoms with Gasteiger partial charge >= 0.3 is 0 Å². The van der Waals surface area contributed by atoms with Crippen molar-refractivity contribution in [3.63, 3.8) is 0 Å². The molecule has 0 saturated heterocycles. The minimum Gasteiger partial charge on any atom is -0.493 e. The SMILES string of the molecule is C=C(Br)COc1ccc(C(C)N)cc1OC. The summed E-state index contributed by atoms with van der Waals surface area (Å²) in [6.45, 7) is 6.04. The van der Waals surface area contributed by atoms with Crippen molar-refractivity contribution >= 4 is 15.9 Å². The fourth-order valence-corrected chi connectivity index (χ4v) is 1.36. The van der Waals surface area contributed by atoms with Crippen LogP contribution in [0.15, 0.2) is 29.3 Å². The van der Waals surface area contributed by atoms with Gasteiger partial charge in [0.2, 0.25) is 0 Å². The van der Waals surface area contributed by atoms with Gasteiger partial charge in [-0.25, -0.2) is 0 Å². The molecule has 0 aliphatic carbocycles. The second kappa shape index (κ2) is 5.92. The Morgan fingerprint density at radius 3 is 2.69 bits per heavy atom. The number of hydrogen-bond acceptors (Lipinski definition) is 3. The van der Waals surface area contributed by atoms with Crippen molar-refractivity contribution in [3.05, 3.63) is 34.8 Å². The first-order chi connectivity index (χ1) is 7.54. The summed E-state index contributed by atoms with van der Waals surface area (Å²) < 4.78 is 11.5. The molecule has 0 spiro atoms. The Labute approximate surface area is 104 Å². The second-order valence-corrected chi connectivity index (χ2v) is 4.63. The Bertz CT molecular complexity index is 377. The van der Waals surface area contributed by atoms with E-state index >= 15 is 0 Å². The van der Waals surface area contributed by atoms with E-state index in [1.54, 1.807) is 7.11 Å². The predicted molar refractivity (Wildman–Crippen MR) is 69.2 cm³/mol. The van der Waals surface area contributed by atoms with Crippen molar-refractivity contribution < 1.29 is 9.47 Å². The van der Waals surface area contributed by atoms with Crippen LogP contribution in [0.5, 0.6) is 11.5 Å². The Hall–Kier alpha value is -1.00. The summed E-state index contributed by atoms with van der Waals surface area (Å²) in [5, 5.41) is 0. The van der Waals surface area contributed by atoms with Gasteiger partial charge in [-0.1, -0.05) is 28.6 Å². The summed E-state index contributed by atoms with van der Waals surface area (Å²) in [4.78, 5) is 0. The fourth-order valence-electron chi connectivity index (χ4n) is 1.24. The first-order valence-electron chi connectivity index (χ1n) is 4.94. The van der Waals surface area contributed by atoms with Gasteiger partial charge < -0.3 is 15.2 Å². The maximum Gasteiger partial charge on any atom is 0.161 e. The molecule has 88 valence electrons. The molecule has 1 aromatic rings. The number of halogens is 1. The lowest BCUT2D eigenvalue weighted by Gasteiger charge is -2.13. The van der Waals surface area contributed by atoms with Crippen LogP contribution < -0.4 is 15.2 Å². The summed E-state index contributed by atoms with van der Waals surface area (Å²) in [6, 6.07) is 5.65. The molecule has 0 aromatic heterocycles. The van der Waals surface area contributed by atoms with Gasteiger partial charge in [-0.15, -0.1) is 0 Å². The molecule has 0 amide bonds. The lowest BCUT2D eigenvalue weighted by molar-refractivity contribution is 0.324. The van der Waals surface area contributed by atoms with Crippen LogP contribution in [-0.4, -0.2) is 13.7 Å². The highest BCUT2D eigenvalue weighted by Gasteiger charge is 2.08. The van der Waals surface area contributed by atoms with Crippen LogP contribution in [0.1, 0.15) is 18.5 Å². The third kappa shape index (κ3) is 3.54. The molecule has 0 saturated carbocycles. The van der Waals surface area contributed by atoms with E-state index in [2.05, 4.69) is 22.5 Å². The van der Waals surface area contributed by atoms with E-state index in [0.717, 1.165) is 10.0 Å². The number of methoxy groups -OCH3 is 1. The molecule has 0 aliphatic rings. The van der Waals surface area contributed by atoms with Crippen LogP contribution in [0, 0.1) is 0 Å². The summed E-state index contributed by atoms with van der Waals surface area (Å²) in [6.07, 6.45) is 0. The van der Waals surface area contributed by atoms with Crippen molar-refractivity contribution in [1.29, 1.82) is 0 Å². The van der Waals surface area contributed by atoms with E-state index in [1.807, 2.05) is 25.1 Å². The van der Waals surface area contributed by atoms with Crippen LogP contribution in [0.25, 0.3) is 0 Å². The van der Waals surface area contributed by atoms with E-state index in [9.17, 15) is 0 Å². The van der Waals surface area contributed by atoms with Gasteiger partial charge in [0.1, 0.15) is 6.61 Å². The van der Waals surface area contributed by atoms with Gasteiger partial charge in [0.15, 0.2) is 11.5 Å². The standard InChI is InChI=1S/C12H16BrNO2/c1-8(13)7-16-11-5-4-10(9(2)14)6-12(11)15-3/h4-6,9H,1,7,14H2,2-3H3. The topological polar surface area (TPSA) is 44.5 Å². The molecule has 0 radical (unpaired) electrons. The molecule has 1 rings (SSSR count). The summed E-state index contributed by atoms with van der Waals surface area (Å²) in [7, 11) is 1.61. The smallest absolute Gasteiger partial charge is 0.161 e. The van der Waals surface area contributed by atoms with Gasteiger partial charge in [0.05, 0.1) is 7.11 Å². The number of nitrogens with two attached hydrogens (primary N) is 1. The monoisotopic (exact) mass is 285 g/mol. The molecule has 0 bridgehead atoms. The van der Waals surface area contributed by atoms with Crippen LogP contribution >= 0.6 is 15.9 Å². The predicted octanol–water partition coefficient (Wildman–Crippen LogP) is 3.00. The summed E-state index contributed by atoms with van der Waals surface area (Å²) >= 11 is 3.24. The maximum atomic E-state index is 5.79. The minimum absolute atomic E-state index is 0.0194. The van der Waals surface area contributed by atoms with Crippen molar-refractivity contribution in [1.82, 2.24) is 0 Å². The molecule has 16 heavy (non-hydrogen) atoms.